The summed E-state index contributed by atoms with van der Waals surface area (Å²) in [5.74, 6) is -2.21. The van der Waals surface area contributed by atoms with Gasteiger partial charge >= 0.3 is 5.97 Å². The minimum atomic E-state index is -4.51. The highest BCUT2D eigenvalue weighted by molar-refractivity contribution is 7.90. The lowest BCUT2D eigenvalue weighted by molar-refractivity contribution is -0.267. The molecule has 3 rings (SSSR count). The largest absolute Gasteiger partial charge is 0.870 e. The molecule has 27 heavy (non-hydrogen) atoms. The highest BCUT2D eigenvalue weighted by Crippen LogP contribution is 2.38. The third-order valence-electron chi connectivity index (χ3n) is 4.17. The summed E-state index contributed by atoms with van der Waals surface area (Å²) in [4.78, 5) is 11.0. The van der Waals surface area contributed by atoms with E-state index in [9.17, 15) is 28.0 Å². The number of allylic oxidation sites excluding steroid dienone is 3. The summed E-state index contributed by atoms with van der Waals surface area (Å²) in [7, 11) is -4.51. The van der Waals surface area contributed by atoms with Gasteiger partial charge in [-0.1, -0.05) is 35.6 Å². The average molecular weight is 387 g/mol. The third kappa shape index (κ3) is 3.74. The Morgan fingerprint density at radius 2 is 1.89 bits per heavy atom. The first kappa shape index (κ1) is 18.7. The first-order valence-corrected chi connectivity index (χ1v) is 9.38. The van der Waals surface area contributed by atoms with Crippen LogP contribution < -0.4 is 5.11 Å². The number of aromatic carboxylic acids is 1. The number of hydrogen-bond donors (Lipinski definition) is 2. The van der Waals surface area contributed by atoms with Gasteiger partial charge in [0.05, 0.1) is 16.9 Å². The van der Waals surface area contributed by atoms with Crippen LogP contribution in [0.2, 0.25) is 0 Å². The van der Waals surface area contributed by atoms with Crippen LogP contribution in [-0.2, 0) is 10.1 Å². The zero-order valence-electron chi connectivity index (χ0n) is 14.2. The molecule has 0 aromatic heterocycles. The molecule has 0 radical (unpaired) electrons. The SMILES string of the molecule is CC1=CC(S(=O)(=O)O)=C(N=Nc2c([O-])c(C(=O)O)cc3ccccc23)CC1. The topological polar surface area (TPSA) is 139 Å². The summed E-state index contributed by atoms with van der Waals surface area (Å²) in [6, 6.07) is 7.84. The Kier molecular flexibility index (Phi) is 4.81. The molecule has 0 bridgehead atoms. The number of azo groups is 1. The molecule has 140 valence electrons. The molecule has 0 fully saturated rings. The number of nitrogens with zero attached hydrogens (tertiary/aromatic N) is 2. The number of benzene rings is 2. The van der Waals surface area contributed by atoms with Crippen LogP contribution in [-0.4, -0.2) is 24.0 Å². The van der Waals surface area contributed by atoms with Gasteiger partial charge in [0, 0.05) is 5.39 Å². The zero-order chi connectivity index (χ0) is 19.8. The number of hydrogen-bond acceptors (Lipinski definition) is 6. The van der Waals surface area contributed by atoms with Gasteiger partial charge in [0.25, 0.3) is 10.1 Å². The molecule has 0 unspecified atom stereocenters. The van der Waals surface area contributed by atoms with Crippen molar-refractivity contribution in [3.05, 3.63) is 58.1 Å². The van der Waals surface area contributed by atoms with Crippen molar-refractivity contribution in [1.82, 2.24) is 0 Å². The molecule has 0 atom stereocenters. The molecule has 0 saturated heterocycles. The Morgan fingerprint density at radius 3 is 2.56 bits per heavy atom. The summed E-state index contributed by atoms with van der Waals surface area (Å²) < 4.78 is 32.6. The second-order valence-electron chi connectivity index (χ2n) is 6.10. The van der Waals surface area contributed by atoms with Crippen molar-refractivity contribution < 1.29 is 28.0 Å². The highest BCUT2D eigenvalue weighted by Gasteiger charge is 2.21. The molecule has 2 aromatic rings. The Labute approximate surface area is 154 Å². The molecule has 2 aromatic carbocycles. The molecular weight excluding hydrogens is 372 g/mol. The first-order chi connectivity index (χ1) is 12.7. The maximum Gasteiger partial charge on any atom is 0.335 e. The number of rotatable bonds is 4. The van der Waals surface area contributed by atoms with Crippen molar-refractivity contribution in [3.63, 3.8) is 0 Å². The van der Waals surface area contributed by atoms with Gasteiger partial charge in [0.15, 0.2) is 0 Å². The van der Waals surface area contributed by atoms with Gasteiger partial charge in [0.1, 0.15) is 4.91 Å². The number of fused-ring (bicyclic) bond motifs is 1. The van der Waals surface area contributed by atoms with Crippen molar-refractivity contribution in [2.75, 3.05) is 0 Å². The van der Waals surface area contributed by atoms with E-state index in [1.165, 1.54) is 12.1 Å². The van der Waals surface area contributed by atoms with Crippen LogP contribution in [0, 0.1) is 0 Å². The van der Waals surface area contributed by atoms with Gasteiger partial charge in [-0.3, -0.25) is 4.55 Å². The zero-order valence-corrected chi connectivity index (χ0v) is 15.0. The maximum absolute atomic E-state index is 12.5. The maximum atomic E-state index is 12.5. The molecular formula is C18H15N2O6S-. The number of carboxylic acid groups (broad SMARTS) is 1. The van der Waals surface area contributed by atoms with Crippen molar-refractivity contribution in [2.45, 2.75) is 19.8 Å². The van der Waals surface area contributed by atoms with E-state index in [-0.39, 0.29) is 22.7 Å². The standard InChI is InChI=1S/C18H16N2O6S/c1-10-6-7-14(15(8-10)27(24,25)26)19-20-16-12-5-3-2-4-11(12)9-13(17(16)21)18(22)23/h2-5,8-9,21H,6-7H2,1H3,(H,22,23)(H,24,25,26)/p-1. The van der Waals surface area contributed by atoms with E-state index < -0.39 is 27.4 Å². The van der Waals surface area contributed by atoms with E-state index in [1.54, 1.807) is 31.2 Å². The molecule has 0 spiro atoms. The lowest BCUT2D eigenvalue weighted by Crippen LogP contribution is -2.07. The van der Waals surface area contributed by atoms with Crippen LogP contribution in [0.1, 0.15) is 30.1 Å². The smallest absolute Gasteiger partial charge is 0.335 e. The molecule has 2 N–H and O–H groups in total. The lowest BCUT2D eigenvalue weighted by Gasteiger charge is -2.16. The average Bonchev–Trinajstić information content (AvgIpc) is 2.60. The summed E-state index contributed by atoms with van der Waals surface area (Å²) in [6.07, 6.45) is 2.04. The van der Waals surface area contributed by atoms with Crippen LogP contribution in [0.5, 0.6) is 5.75 Å². The van der Waals surface area contributed by atoms with E-state index in [2.05, 4.69) is 10.2 Å². The fourth-order valence-electron chi connectivity index (χ4n) is 2.82. The normalized spacial score (nSPS) is 15.4. The van der Waals surface area contributed by atoms with Gasteiger partial charge in [-0.2, -0.15) is 18.6 Å². The fraction of sp³-hybridized carbons (Fsp3) is 0.167. The van der Waals surface area contributed by atoms with Crippen LogP contribution in [0.15, 0.2) is 62.8 Å². The molecule has 1 aliphatic carbocycles. The molecule has 0 saturated carbocycles. The van der Waals surface area contributed by atoms with E-state index in [0.29, 0.717) is 17.2 Å². The quantitative estimate of drug-likeness (QED) is 0.607. The van der Waals surface area contributed by atoms with Crippen LogP contribution in [0.3, 0.4) is 0 Å². The minimum absolute atomic E-state index is 0.00677. The molecule has 0 aliphatic heterocycles. The van der Waals surface area contributed by atoms with Crippen LogP contribution >= 0.6 is 0 Å². The molecule has 9 heteroatoms. The van der Waals surface area contributed by atoms with E-state index in [0.717, 1.165) is 5.57 Å². The van der Waals surface area contributed by atoms with Gasteiger partial charge in [0.2, 0.25) is 0 Å². The van der Waals surface area contributed by atoms with Crippen molar-refractivity contribution in [3.8, 4) is 5.75 Å². The third-order valence-corrected chi connectivity index (χ3v) is 5.08. The number of carboxylic acids is 1. The summed E-state index contributed by atoms with van der Waals surface area (Å²) in [5, 5.41) is 30.4. The predicted molar refractivity (Wildman–Crippen MR) is 96.4 cm³/mol. The lowest BCUT2D eigenvalue weighted by atomic mass is 10.0. The summed E-state index contributed by atoms with van der Waals surface area (Å²) >= 11 is 0. The van der Waals surface area contributed by atoms with Crippen LogP contribution in [0.4, 0.5) is 5.69 Å². The first-order valence-electron chi connectivity index (χ1n) is 7.94. The fourth-order valence-corrected chi connectivity index (χ4v) is 3.61. The summed E-state index contributed by atoms with van der Waals surface area (Å²) in [5.41, 5.74) is 0.113. The molecule has 0 amide bonds. The van der Waals surface area contributed by atoms with Gasteiger partial charge < -0.3 is 10.2 Å². The molecule has 0 heterocycles. The highest BCUT2D eigenvalue weighted by atomic mass is 32.2. The van der Waals surface area contributed by atoms with Gasteiger partial charge in [-0.05, 0) is 37.3 Å². The minimum Gasteiger partial charge on any atom is -0.870 e. The van der Waals surface area contributed by atoms with E-state index >= 15 is 0 Å². The second kappa shape index (κ2) is 6.93. The van der Waals surface area contributed by atoms with Crippen molar-refractivity contribution in [2.24, 2.45) is 10.2 Å². The Morgan fingerprint density at radius 1 is 1.19 bits per heavy atom. The Bertz CT molecular complexity index is 1150. The Balaban J connectivity index is 2.22. The summed E-state index contributed by atoms with van der Waals surface area (Å²) in [6.45, 7) is 1.72. The predicted octanol–water partition coefficient (Wildman–Crippen LogP) is 3.53. The van der Waals surface area contributed by atoms with E-state index in [1.807, 2.05) is 0 Å². The molecule has 8 nitrogen and oxygen atoms in total. The van der Waals surface area contributed by atoms with Crippen LogP contribution in [0.25, 0.3) is 10.8 Å². The number of carbonyl (C=O) groups is 1. The van der Waals surface area contributed by atoms with Crippen molar-refractivity contribution >= 4 is 32.5 Å². The Hall–Kier alpha value is -3.04. The van der Waals surface area contributed by atoms with Crippen molar-refractivity contribution in [1.29, 1.82) is 0 Å². The van der Waals surface area contributed by atoms with E-state index in [4.69, 9.17) is 0 Å². The van der Waals surface area contributed by atoms with Gasteiger partial charge in [-0.25, -0.2) is 4.79 Å². The second-order valence-corrected chi connectivity index (χ2v) is 7.49. The van der Waals surface area contributed by atoms with Gasteiger partial charge in [-0.15, -0.1) is 0 Å². The monoisotopic (exact) mass is 387 g/mol. The molecule has 1 aliphatic rings.